The van der Waals surface area contributed by atoms with Crippen molar-refractivity contribution in [3.8, 4) is 51.1 Å². The molecule has 23 rings (SSSR count). The van der Waals surface area contributed by atoms with Crippen LogP contribution in [0.2, 0.25) is 0 Å². The summed E-state index contributed by atoms with van der Waals surface area (Å²) in [5.41, 5.74) is 30.5. The summed E-state index contributed by atoms with van der Waals surface area (Å²) in [4.78, 5) is 0. The molecule has 0 aliphatic carbocycles. The molecule has 0 aliphatic rings. The van der Waals surface area contributed by atoms with Gasteiger partial charge in [-0.3, -0.25) is 0 Å². The summed E-state index contributed by atoms with van der Waals surface area (Å²) in [5.74, 6) is 4.10. The summed E-state index contributed by atoms with van der Waals surface area (Å²) in [6.07, 6.45) is 6.47. The molecule has 0 atom stereocenters. The van der Waals surface area contributed by atoms with Crippen LogP contribution in [0.4, 0.5) is 0 Å². The molecule has 10 aromatic heterocycles. The molecule has 0 saturated carbocycles. The Labute approximate surface area is 724 Å². The summed E-state index contributed by atoms with van der Waals surface area (Å²) >= 11 is 0. The van der Waals surface area contributed by atoms with Crippen LogP contribution in [0.25, 0.3) is 171 Å². The Balaban J connectivity index is 0.000000102. The van der Waals surface area contributed by atoms with Crippen molar-refractivity contribution in [2.24, 2.45) is 35.2 Å². The van der Waals surface area contributed by atoms with Crippen molar-refractivity contribution >= 4 is 120 Å². The fourth-order valence-electron chi connectivity index (χ4n) is 19.3. The van der Waals surface area contributed by atoms with Crippen LogP contribution in [0.1, 0.15) is 64.3 Å². The number of fused-ring (bicyclic) bond motifs is 21. The molecule has 0 amide bonds. The zero-order valence-electron chi connectivity index (χ0n) is 73.2. The van der Waals surface area contributed by atoms with E-state index in [4.69, 9.17) is 0 Å². The van der Waals surface area contributed by atoms with Gasteiger partial charge in [0.25, 0.3) is 17.5 Å². The molecule has 23 aromatic rings. The van der Waals surface area contributed by atoms with E-state index in [1.54, 1.807) is 0 Å². The van der Waals surface area contributed by atoms with E-state index in [0.29, 0.717) is 5.92 Å². The number of nitrogens with zero attached hydrogens (tertiary/aromatic N) is 10. The molecule has 0 aliphatic heterocycles. The minimum atomic E-state index is 0.513. The predicted octanol–water partition coefficient (Wildman–Crippen LogP) is 25.2. The van der Waals surface area contributed by atoms with Gasteiger partial charge in [-0.25, -0.2) is 13.7 Å². The Morgan fingerprint density at radius 2 is 0.597 bits per heavy atom. The first-order valence-electron chi connectivity index (χ1n) is 43.1. The van der Waals surface area contributed by atoms with Gasteiger partial charge in [0, 0.05) is 89.3 Å². The van der Waals surface area contributed by atoms with Gasteiger partial charge in [-0.2, -0.15) is 13.7 Å². The fraction of sp³-hybridized carbons (Fsp3) is 0.132. The van der Waals surface area contributed by atoms with Crippen LogP contribution in [0.5, 0.6) is 0 Å². The van der Waals surface area contributed by atoms with Gasteiger partial charge in [-0.1, -0.05) is 238 Å². The van der Waals surface area contributed by atoms with Crippen molar-refractivity contribution in [1.82, 2.24) is 22.7 Å². The van der Waals surface area contributed by atoms with E-state index >= 15 is 0 Å². The Hall–Kier alpha value is -14.9. The van der Waals surface area contributed by atoms with Gasteiger partial charge in [0.05, 0.1) is 45.3 Å². The van der Waals surface area contributed by atoms with E-state index in [2.05, 4.69) is 508 Å². The molecular weight excluding hydrogens is 1510 g/mol. The number of hydrogen-bond donors (Lipinski definition) is 0. The molecule has 604 valence electrons. The Kier molecular flexibility index (Phi) is 20.8. The second kappa shape index (κ2) is 32.6. The summed E-state index contributed by atoms with van der Waals surface area (Å²) in [7, 11) is 10.7. The first-order valence-corrected chi connectivity index (χ1v) is 43.1. The van der Waals surface area contributed by atoms with Crippen LogP contribution in [0, 0.1) is 48.5 Å². The maximum absolute atomic E-state index is 2.41. The molecule has 10 heterocycles. The summed E-state index contributed by atoms with van der Waals surface area (Å²) in [6, 6.07) is 124. The molecule has 0 unspecified atom stereocenters. The third-order valence-corrected chi connectivity index (χ3v) is 25.2. The van der Waals surface area contributed by atoms with Gasteiger partial charge < -0.3 is 0 Å². The van der Waals surface area contributed by atoms with Gasteiger partial charge in [0.1, 0.15) is 55.2 Å². The average Bonchev–Trinajstić information content (AvgIpc) is 1.53. The van der Waals surface area contributed by atoms with Gasteiger partial charge in [0.15, 0.2) is 14.1 Å². The predicted molar refractivity (Wildman–Crippen MR) is 517 cm³/mol. The lowest BCUT2D eigenvalue weighted by Crippen LogP contribution is -2.37. The van der Waals surface area contributed by atoms with E-state index in [1.165, 1.54) is 215 Å². The molecule has 10 nitrogen and oxygen atoms in total. The van der Waals surface area contributed by atoms with Crippen molar-refractivity contribution in [2.45, 2.75) is 68.2 Å². The van der Waals surface area contributed by atoms with Crippen LogP contribution in [0.15, 0.2) is 364 Å². The minimum Gasteiger partial charge on any atom is -0.237 e. The average molecular weight is 1610 g/mol. The summed E-state index contributed by atoms with van der Waals surface area (Å²) < 4.78 is 23.1. The molecule has 124 heavy (non-hydrogen) atoms. The van der Waals surface area contributed by atoms with Gasteiger partial charge in [0.2, 0.25) is 11.4 Å². The van der Waals surface area contributed by atoms with Crippen molar-refractivity contribution in [2.75, 3.05) is 0 Å². The van der Waals surface area contributed by atoms with E-state index in [-0.39, 0.29) is 0 Å². The highest BCUT2D eigenvalue weighted by Gasteiger charge is 2.32. The molecule has 10 heteroatoms. The standard InChI is InChI=1S/C29H23N2.C23H19N2.C22H23N2.2C20H19N2/c1-20-12-11-19-24-23-17-9-10-18-25(23)29-26(21-13-5-3-6-14-21)28(22-15-7-4-8-16-22)30(2)31(29)27(20)24;1-16-9-8-14-20-18-12-6-7-13-19(18)22-15-21(17-10-4-3-5-11-17)24(2)25(22)23(16)20;1-15(2)17-12-13-23(4)21(14-17)24-20-11-6-5-9-18(20)19-10-7-8-16(3)22(19)24;1-14-11-12-21(3)19(13-14)22-18-10-5-4-8-16(18)17-9-6-7-15(2)20(17)22;1-14-11-12-19(21(3)13-14)22-18-10-5-4-8-16(18)17-9-6-7-15(2)20(17)22/h3-19H,1-2H3;3-15H,1-2H3;5-15H,1-4H3;2*4-13H,1-3H3/q5*+1. The number of hydrogen-bond acceptors (Lipinski definition) is 0. The second-order valence-electron chi connectivity index (χ2n) is 33.7. The van der Waals surface area contributed by atoms with E-state index < -0.39 is 0 Å². The van der Waals surface area contributed by atoms with Crippen molar-refractivity contribution < 1.29 is 23.1 Å². The van der Waals surface area contributed by atoms with Crippen LogP contribution >= 0.6 is 0 Å². The van der Waals surface area contributed by atoms with Gasteiger partial charge >= 0.3 is 0 Å². The lowest BCUT2D eigenvalue weighted by molar-refractivity contribution is -0.725. The first-order chi connectivity index (χ1) is 60.4. The van der Waals surface area contributed by atoms with Gasteiger partial charge in [-0.15, -0.1) is 18.4 Å². The molecule has 0 N–H and O–H groups in total. The fourth-order valence-corrected chi connectivity index (χ4v) is 19.3. The minimum absolute atomic E-state index is 0.513. The summed E-state index contributed by atoms with van der Waals surface area (Å²) in [6.45, 7) is 19.7. The topological polar surface area (TPSA) is 43.0 Å². The van der Waals surface area contributed by atoms with Crippen molar-refractivity contribution in [3.05, 3.63) is 409 Å². The zero-order chi connectivity index (χ0) is 85.3. The molecular formula is C114H103N10+5. The third kappa shape index (κ3) is 13.7. The van der Waals surface area contributed by atoms with E-state index in [1.807, 2.05) is 0 Å². The number of pyridine rings is 5. The third-order valence-electron chi connectivity index (χ3n) is 25.2. The van der Waals surface area contributed by atoms with E-state index in [9.17, 15) is 0 Å². The number of rotatable bonds is 7. The smallest absolute Gasteiger partial charge is 0.237 e. The number of aromatic nitrogens is 10. The summed E-state index contributed by atoms with van der Waals surface area (Å²) in [5, 5.41) is 15.6. The monoisotopic (exact) mass is 1610 g/mol. The lowest BCUT2D eigenvalue weighted by Gasteiger charge is -2.09. The largest absolute Gasteiger partial charge is 0.286 e. The molecule has 0 fully saturated rings. The van der Waals surface area contributed by atoms with Crippen LogP contribution in [-0.4, -0.2) is 22.7 Å². The van der Waals surface area contributed by atoms with Crippen molar-refractivity contribution in [1.29, 1.82) is 0 Å². The second-order valence-corrected chi connectivity index (χ2v) is 33.7. The highest BCUT2D eigenvalue weighted by atomic mass is 15.4. The highest BCUT2D eigenvalue weighted by molar-refractivity contribution is 6.18. The quantitative estimate of drug-likeness (QED) is 0.113. The lowest BCUT2D eigenvalue weighted by atomic mass is 9.96. The maximum atomic E-state index is 2.41. The normalized spacial score (nSPS) is 11.5. The number of aryl methyl sites for hydroxylation is 12. The van der Waals surface area contributed by atoms with Crippen LogP contribution in [0.3, 0.4) is 0 Å². The molecule has 0 spiro atoms. The SMILES string of the molecule is Cc1cc[n+](C)c(-n2c3ccccc3c3cccc(C)c32)c1.Cc1ccc(-n2c3ccccc3c3cccc(C)c32)[n+](C)c1.Cc1cccc2c3ccccc3c3c(-c4ccccc4)c(-c4ccccc4)[n+](C)n3c12.Cc1cccc2c3ccccc3c3cc(-c4ccccc4)[n+](C)n3c12.Cc1cccc2c3ccccc3n(-c3cc(C(C)C)cc[n+]3C)c12. The molecule has 0 radical (unpaired) electrons. The first kappa shape index (κ1) is 78.9. The van der Waals surface area contributed by atoms with Crippen LogP contribution < -0.4 is 23.1 Å². The van der Waals surface area contributed by atoms with Crippen molar-refractivity contribution in [3.63, 3.8) is 0 Å². The Bertz CT molecular complexity index is 8090. The number of para-hydroxylation sites is 8. The van der Waals surface area contributed by atoms with Crippen LogP contribution in [-0.2, 0) is 35.2 Å². The molecule has 0 bridgehead atoms. The zero-order valence-corrected chi connectivity index (χ0v) is 73.2. The molecule has 0 saturated heterocycles. The Morgan fingerprint density at radius 1 is 0.242 bits per heavy atom. The molecule has 13 aromatic carbocycles. The Morgan fingerprint density at radius 3 is 1.06 bits per heavy atom. The highest BCUT2D eigenvalue weighted by Crippen LogP contribution is 2.43. The number of benzene rings is 13. The van der Waals surface area contributed by atoms with Gasteiger partial charge in [-0.05, 0) is 212 Å². The maximum Gasteiger partial charge on any atom is 0.286 e. The van der Waals surface area contributed by atoms with E-state index in [0.717, 1.165) is 0 Å².